The van der Waals surface area contributed by atoms with Gasteiger partial charge in [0.25, 0.3) is 0 Å². The van der Waals surface area contributed by atoms with Crippen molar-refractivity contribution in [3.63, 3.8) is 0 Å². The number of nitrogens with two attached hydrogens (primary N) is 1. The smallest absolute Gasteiger partial charge is 0.246 e. The Labute approximate surface area is 71.3 Å². The van der Waals surface area contributed by atoms with Crippen molar-refractivity contribution >= 4 is 11.8 Å². The fraction of sp³-hybridized carbons (Fsp3) is 0.714. The van der Waals surface area contributed by atoms with Gasteiger partial charge in [-0.25, -0.2) is 0 Å². The first-order valence-electron chi connectivity index (χ1n) is 3.69. The molecular formula is C7H14N2O3. The van der Waals surface area contributed by atoms with Crippen LogP contribution in [0.25, 0.3) is 0 Å². The molecule has 0 aromatic carbocycles. The predicted molar refractivity (Wildman–Crippen MR) is 43.3 cm³/mol. The van der Waals surface area contributed by atoms with Gasteiger partial charge >= 0.3 is 0 Å². The van der Waals surface area contributed by atoms with Crippen molar-refractivity contribution in [2.45, 2.75) is 19.4 Å². The minimum absolute atomic E-state index is 0.0518. The second-order valence-electron chi connectivity index (χ2n) is 2.36. The van der Waals surface area contributed by atoms with Gasteiger partial charge in [-0.2, -0.15) is 0 Å². The van der Waals surface area contributed by atoms with Gasteiger partial charge in [-0.3, -0.25) is 9.59 Å². The predicted octanol–water partition coefficient (Wildman–Crippen LogP) is -0.987. The molecule has 0 unspecified atom stereocenters. The van der Waals surface area contributed by atoms with Crippen molar-refractivity contribution in [3.8, 4) is 0 Å². The minimum Gasteiger partial charge on any atom is -0.375 e. The van der Waals surface area contributed by atoms with Crippen molar-refractivity contribution in [1.29, 1.82) is 0 Å². The molecule has 0 aliphatic rings. The Morgan fingerprint density at radius 2 is 2.17 bits per heavy atom. The van der Waals surface area contributed by atoms with E-state index in [9.17, 15) is 9.59 Å². The summed E-state index contributed by atoms with van der Waals surface area (Å²) in [6.45, 7) is 1.71. The van der Waals surface area contributed by atoms with Crippen LogP contribution < -0.4 is 11.1 Å². The first-order valence-corrected chi connectivity index (χ1v) is 3.69. The van der Waals surface area contributed by atoms with E-state index < -0.39 is 11.9 Å². The molecule has 12 heavy (non-hydrogen) atoms. The fourth-order valence-electron chi connectivity index (χ4n) is 0.741. The van der Waals surface area contributed by atoms with Gasteiger partial charge in [0, 0.05) is 7.11 Å². The SMILES string of the molecule is CC[C@@H](NC(=O)COC)C(N)=O. The molecule has 0 aromatic rings. The van der Waals surface area contributed by atoms with Crippen LogP contribution in [0.1, 0.15) is 13.3 Å². The lowest BCUT2D eigenvalue weighted by atomic mass is 10.2. The zero-order chi connectivity index (χ0) is 9.56. The van der Waals surface area contributed by atoms with Crippen LogP contribution in [0.4, 0.5) is 0 Å². The summed E-state index contributed by atoms with van der Waals surface area (Å²) < 4.78 is 4.56. The molecule has 70 valence electrons. The molecule has 0 aliphatic heterocycles. The van der Waals surface area contributed by atoms with Crippen LogP contribution >= 0.6 is 0 Å². The topological polar surface area (TPSA) is 81.4 Å². The molecule has 0 saturated carbocycles. The van der Waals surface area contributed by atoms with E-state index in [1.165, 1.54) is 7.11 Å². The van der Waals surface area contributed by atoms with Gasteiger partial charge in [0.15, 0.2) is 0 Å². The van der Waals surface area contributed by atoms with E-state index in [0.29, 0.717) is 6.42 Å². The number of rotatable bonds is 5. The third kappa shape index (κ3) is 3.92. The number of hydrogen-bond acceptors (Lipinski definition) is 3. The summed E-state index contributed by atoms with van der Waals surface area (Å²) in [5.41, 5.74) is 5.00. The monoisotopic (exact) mass is 174 g/mol. The Morgan fingerprint density at radius 3 is 2.50 bits per heavy atom. The maximum absolute atomic E-state index is 10.9. The average Bonchev–Trinajstić information content (AvgIpc) is 2.00. The Balaban J connectivity index is 3.85. The molecule has 0 radical (unpaired) electrons. The molecule has 0 saturated heterocycles. The number of methoxy groups -OCH3 is 1. The summed E-state index contributed by atoms with van der Waals surface area (Å²) in [5, 5.41) is 2.43. The number of carbonyl (C=O) groups excluding carboxylic acids is 2. The van der Waals surface area contributed by atoms with Crippen molar-refractivity contribution in [2.75, 3.05) is 13.7 Å². The van der Waals surface area contributed by atoms with E-state index in [1.54, 1.807) is 6.92 Å². The van der Waals surface area contributed by atoms with E-state index >= 15 is 0 Å². The van der Waals surface area contributed by atoms with Gasteiger partial charge in [0.05, 0.1) is 0 Å². The number of primary amides is 1. The number of ether oxygens (including phenoxy) is 1. The quantitative estimate of drug-likeness (QED) is 0.561. The molecule has 0 heterocycles. The van der Waals surface area contributed by atoms with E-state index in [-0.39, 0.29) is 12.5 Å². The van der Waals surface area contributed by atoms with Crippen molar-refractivity contribution in [2.24, 2.45) is 5.73 Å². The lowest BCUT2D eigenvalue weighted by molar-refractivity contribution is -0.129. The van der Waals surface area contributed by atoms with E-state index in [1.807, 2.05) is 0 Å². The summed E-state index contributed by atoms with van der Waals surface area (Å²) in [4.78, 5) is 21.5. The first kappa shape index (κ1) is 10.9. The average molecular weight is 174 g/mol. The van der Waals surface area contributed by atoms with E-state index in [0.717, 1.165) is 0 Å². The van der Waals surface area contributed by atoms with Gasteiger partial charge in [-0.15, -0.1) is 0 Å². The third-order valence-electron chi connectivity index (χ3n) is 1.36. The van der Waals surface area contributed by atoms with Crippen LogP contribution in [0, 0.1) is 0 Å². The highest BCUT2D eigenvalue weighted by Crippen LogP contribution is 1.88. The number of carbonyl (C=O) groups is 2. The Kier molecular flexibility index (Phi) is 5.03. The molecule has 2 amide bonds. The fourth-order valence-corrected chi connectivity index (χ4v) is 0.741. The summed E-state index contributed by atoms with van der Waals surface area (Å²) >= 11 is 0. The van der Waals surface area contributed by atoms with E-state index in [2.05, 4.69) is 10.1 Å². The largest absolute Gasteiger partial charge is 0.375 e. The maximum Gasteiger partial charge on any atom is 0.246 e. The number of amides is 2. The minimum atomic E-state index is -0.590. The van der Waals surface area contributed by atoms with Crippen LogP contribution in [0.2, 0.25) is 0 Å². The molecule has 5 nitrogen and oxygen atoms in total. The highest BCUT2D eigenvalue weighted by Gasteiger charge is 2.14. The van der Waals surface area contributed by atoms with Gasteiger partial charge in [0.1, 0.15) is 12.6 Å². The molecule has 0 aliphatic carbocycles. The van der Waals surface area contributed by atoms with Gasteiger partial charge in [-0.05, 0) is 6.42 Å². The molecule has 0 aromatic heterocycles. The number of hydrogen-bond donors (Lipinski definition) is 2. The Hall–Kier alpha value is -1.10. The van der Waals surface area contributed by atoms with E-state index in [4.69, 9.17) is 5.73 Å². The number of nitrogens with one attached hydrogen (secondary N) is 1. The molecule has 0 spiro atoms. The molecule has 5 heteroatoms. The highest BCUT2D eigenvalue weighted by atomic mass is 16.5. The van der Waals surface area contributed by atoms with Crippen molar-refractivity contribution in [1.82, 2.24) is 5.32 Å². The van der Waals surface area contributed by atoms with Crippen LogP contribution in [0.5, 0.6) is 0 Å². The van der Waals surface area contributed by atoms with Crippen LogP contribution in [-0.2, 0) is 14.3 Å². The van der Waals surface area contributed by atoms with Crippen LogP contribution in [0.3, 0.4) is 0 Å². The summed E-state index contributed by atoms with van der Waals surface area (Å²) in [6, 6.07) is -0.590. The second kappa shape index (κ2) is 5.54. The molecule has 0 rings (SSSR count). The normalized spacial score (nSPS) is 12.2. The second-order valence-corrected chi connectivity index (χ2v) is 2.36. The van der Waals surface area contributed by atoms with Crippen molar-refractivity contribution in [3.05, 3.63) is 0 Å². The highest BCUT2D eigenvalue weighted by molar-refractivity contribution is 5.86. The molecule has 1 atom stereocenters. The molecule has 0 fully saturated rings. The van der Waals surface area contributed by atoms with Gasteiger partial charge in [-0.1, -0.05) is 6.92 Å². The summed E-state index contributed by atoms with van der Waals surface area (Å²) in [5.74, 6) is -0.856. The third-order valence-corrected chi connectivity index (χ3v) is 1.36. The first-order chi connectivity index (χ1) is 5.61. The molecule has 3 N–H and O–H groups in total. The maximum atomic E-state index is 10.9. The zero-order valence-corrected chi connectivity index (χ0v) is 7.29. The van der Waals surface area contributed by atoms with Gasteiger partial charge in [0.2, 0.25) is 11.8 Å². The zero-order valence-electron chi connectivity index (χ0n) is 7.29. The molecular weight excluding hydrogens is 160 g/mol. The standard InChI is InChI=1S/C7H14N2O3/c1-3-5(7(8)11)9-6(10)4-12-2/h5H,3-4H2,1-2H3,(H2,8,11)(H,9,10)/t5-/m1/s1. The molecule has 0 bridgehead atoms. The van der Waals surface area contributed by atoms with Crippen LogP contribution in [-0.4, -0.2) is 31.6 Å². The lowest BCUT2D eigenvalue weighted by Crippen LogP contribution is -2.45. The Morgan fingerprint density at radius 1 is 1.58 bits per heavy atom. The van der Waals surface area contributed by atoms with Crippen molar-refractivity contribution < 1.29 is 14.3 Å². The summed E-state index contributed by atoms with van der Waals surface area (Å²) in [7, 11) is 1.41. The lowest BCUT2D eigenvalue weighted by Gasteiger charge is -2.12. The van der Waals surface area contributed by atoms with Gasteiger partial charge < -0.3 is 15.8 Å². The Bertz CT molecular complexity index is 170. The van der Waals surface area contributed by atoms with Crippen LogP contribution in [0.15, 0.2) is 0 Å². The summed E-state index contributed by atoms with van der Waals surface area (Å²) in [6.07, 6.45) is 0.491.